The minimum Gasteiger partial charge on any atom is -0.372 e. The van der Waals surface area contributed by atoms with Crippen molar-refractivity contribution in [3.05, 3.63) is 24.3 Å². The largest absolute Gasteiger partial charge is 0.372 e. The van der Waals surface area contributed by atoms with E-state index in [0.29, 0.717) is 0 Å². The molecule has 1 aromatic carbocycles. The fraction of sp³-hybridized carbons (Fsp3) is 0.400. The maximum atomic E-state index is 2.76. The van der Waals surface area contributed by atoms with Crippen LogP contribution >= 0.6 is 9.12 Å². The molecule has 1 aliphatic heterocycles. The molecule has 1 aliphatic rings. The summed E-state index contributed by atoms with van der Waals surface area (Å²) < 4.78 is 0. The highest BCUT2D eigenvalue weighted by atomic mass is 31.0. The number of hydrogen-bond donors (Lipinski definition) is 0. The SMILES string of the molecule is PBc1ccc(N2CCCC2)cc1. The smallest absolute Gasteiger partial charge is 0.180 e. The molecule has 1 aromatic rings. The number of nitrogens with zero attached hydrogens (tertiary/aromatic N) is 1. The molecule has 1 nitrogen and oxygen atoms in total. The summed E-state index contributed by atoms with van der Waals surface area (Å²) in [5.74, 6) is 0. The zero-order valence-electron chi connectivity index (χ0n) is 7.87. The van der Waals surface area contributed by atoms with Gasteiger partial charge in [0.2, 0.25) is 0 Å². The van der Waals surface area contributed by atoms with Crippen LogP contribution in [0.1, 0.15) is 12.8 Å². The molecule has 13 heavy (non-hydrogen) atoms. The third kappa shape index (κ3) is 2.06. The van der Waals surface area contributed by atoms with Crippen molar-refractivity contribution >= 4 is 27.3 Å². The van der Waals surface area contributed by atoms with Gasteiger partial charge >= 0.3 is 0 Å². The molecule has 0 amide bonds. The van der Waals surface area contributed by atoms with Gasteiger partial charge in [-0.05, 0) is 25.0 Å². The number of anilines is 1. The Morgan fingerprint density at radius 2 is 1.69 bits per heavy atom. The van der Waals surface area contributed by atoms with Crippen LogP contribution in [0, 0.1) is 0 Å². The van der Waals surface area contributed by atoms with Gasteiger partial charge < -0.3 is 4.90 Å². The second-order valence-electron chi connectivity index (χ2n) is 3.56. The lowest BCUT2D eigenvalue weighted by Crippen LogP contribution is -2.18. The van der Waals surface area contributed by atoms with Gasteiger partial charge in [-0.25, -0.2) is 0 Å². The van der Waals surface area contributed by atoms with Crippen molar-refractivity contribution < 1.29 is 0 Å². The fourth-order valence-electron chi connectivity index (χ4n) is 1.82. The van der Waals surface area contributed by atoms with Gasteiger partial charge in [0, 0.05) is 18.8 Å². The molecule has 68 valence electrons. The van der Waals surface area contributed by atoms with E-state index in [2.05, 4.69) is 38.3 Å². The van der Waals surface area contributed by atoms with E-state index >= 15 is 0 Å². The molecule has 0 aromatic heterocycles. The molecule has 1 saturated heterocycles. The summed E-state index contributed by atoms with van der Waals surface area (Å²) >= 11 is 0. The molecule has 0 saturated carbocycles. The summed E-state index contributed by atoms with van der Waals surface area (Å²) in [5.41, 5.74) is 2.78. The average Bonchev–Trinajstić information content (AvgIpc) is 2.71. The van der Waals surface area contributed by atoms with Crippen LogP contribution in [-0.4, -0.2) is 20.1 Å². The Kier molecular flexibility index (Phi) is 2.90. The standard InChI is InChI=1S/C10H15BNP/c13-11-9-3-5-10(6-4-9)12-7-1-2-8-12/h3-6,11H,1-2,7-8,13H2. The van der Waals surface area contributed by atoms with Crippen LogP contribution in [-0.2, 0) is 0 Å². The second-order valence-corrected chi connectivity index (χ2v) is 3.97. The summed E-state index contributed by atoms with van der Waals surface area (Å²) in [6.45, 7) is 3.53. The minimum absolute atomic E-state index is 1.06. The summed E-state index contributed by atoms with van der Waals surface area (Å²) in [4.78, 5) is 2.46. The molecule has 1 fully saturated rings. The second kappa shape index (κ2) is 4.15. The summed E-state index contributed by atoms with van der Waals surface area (Å²) in [6, 6.07) is 8.93. The lowest BCUT2D eigenvalue weighted by Gasteiger charge is -2.17. The van der Waals surface area contributed by atoms with Crippen molar-refractivity contribution in [1.82, 2.24) is 0 Å². The molecule has 0 radical (unpaired) electrons. The number of rotatable bonds is 2. The highest BCUT2D eigenvalue weighted by Gasteiger charge is 2.11. The van der Waals surface area contributed by atoms with Gasteiger partial charge in [0.1, 0.15) is 0 Å². The van der Waals surface area contributed by atoms with Crippen LogP contribution in [0.2, 0.25) is 0 Å². The van der Waals surface area contributed by atoms with Gasteiger partial charge in [-0.2, -0.15) is 9.12 Å². The van der Waals surface area contributed by atoms with Gasteiger partial charge in [-0.3, -0.25) is 0 Å². The van der Waals surface area contributed by atoms with Crippen molar-refractivity contribution in [1.29, 1.82) is 0 Å². The zero-order chi connectivity index (χ0) is 9.10. The molecule has 0 N–H and O–H groups in total. The van der Waals surface area contributed by atoms with E-state index in [0.717, 1.165) is 7.00 Å². The quantitative estimate of drug-likeness (QED) is 0.500. The van der Waals surface area contributed by atoms with Crippen LogP contribution in [0.25, 0.3) is 0 Å². The molecule has 0 bridgehead atoms. The Morgan fingerprint density at radius 3 is 2.23 bits per heavy atom. The van der Waals surface area contributed by atoms with Crippen molar-refractivity contribution in [2.75, 3.05) is 18.0 Å². The molecular weight excluding hydrogens is 176 g/mol. The average molecular weight is 191 g/mol. The molecule has 1 unspecified atom stereocenters. The van der Waals surface area contributed by atoms with Crippen LogP contribution in [0.4, 0.5) is 5.69 Å². The molecule has 2 rings (SSSR count). The first-order chi connectivity index (χ1) is 6.40. The van der Waals surface area contributed by atoms with Gasteiger partial charge in [-0.15, -0.1) is 0 Å². The number of benzene rings is 1. The first-order valence-electron chi connectivity index (χ1n) is 4.94. The van der Waals surface area contributed by atoms with Crippen molar-refractivity contribution in [2.45, 2.75) is 12.8 Å². The van der Waals surface area contributed by atoms with E-state index in [-0.39, 0.29) is 0 Å². The van der Waals surface area contributed by atoms with E-state index < -0.39 is 0 Å². The molecule has 1 heterocycles. The third-order valence-electron chi connectivity index (χ3n) is 2.64. The van der Waals surface area contributed by atoms with Crippen LogP contribution in [0.15, 0.2) is 24.3 Å². The van der Waals surface area contributed by atoms with E-state index in [1.165, 1.54) is 37.1 Å². The highest BCUT2D eigenvalue weighted by Crippen LogP contribution is 2.18. The van der Waals surface area contributed by atoms with E-state index in [4.69, 9.17) is 0 Å². The van der Waals surface area contributed by atoms with Gasteiger partial charge in [-0.1, -0.05) is 17.6 Å². The van der Waals surface area contributed by atoms with Crippen LogP contribution in [0.3, 0.4) is 0 Å². The van der Waals surface area contributed by atoms with Gasteiger partial charge in [0.15, 0.2) is 7.00 Å². The lowest BCUT2D eigenvalue weighted by molar-refractivity contribution is 0.949. The number of hydrogen-bond acceptors (Lipinski definition) is 1. The first kappa shape index (κ1) is 9.08. The van der Waals surface area contributed by atoms with Crippen molar-refractivity contribution in [3.8, 4) is 0 Å². The summed E-state index contributed by atoms with van der Waals surface area (Å²) in [6.07, 6.45) is 2.71. The fourth-order valence-corrected chi connectivity index (χ4v) is 2.09. The van der Waals surface area contributed by atoms with E-state index in [1.807, 2.05) is 0 Å². The van der Waals surface area contributed by atoms with Gasteiger partial charge in [0.25, 0.3) is 0 Å². The maximum absolute atomic E-state index is 2.76. The van der Waals surface area contributed by atoms with Crippen molar-refractivity contribution in [2.24, 2.45) is 0 Å². The first-order valence-corrected chi connectivity index (χ1v) is 5.76. The Labute approximate surface area is 82.9 Å². The highest BCUT2D eigenvalue weighted by molar-refractivity contribution is 7.58. The topological polar surface area (TPSA) is 3.24 Å². The summed E-state index contributed by atoms with van der Waals surface area (Å²) in [7, 11) is 2.76. The Morgan fingerprint density at radius 1 is 1.08 bits per heavy atom. The van der Waals surface area contributed by atoms with Gasteiger partial charge in [0.05, 0.1) is 0 Å². The molecule has 1 atom stereocenters. The minimum atomic E-state index is 1.06. The van der Waals surface area contributed by atoms with E-state index in [1.54, 1.807) is 0 Å². The zero-order valence-corrected chi connectivity index (χ0v) is 9.02. The normalized spacial score (nSPS) is 16.2. The molecular formula is C10H15BNP. The third-order valence-corrected chi connectivity index (χ3v) is 3.11. The molecule has 0 spiro atoms. The van der Waals surface area contributed by atoms with Crippen LogP contribution < -0.4 is 10.4 Å². The van der Waals surface area contributed by atoms with E-state index in [9.17, 15) is 0 Å². The lowest BCUT2D eigenvalue weighted by atomic mass is 9.94. The maximum Gasteiger partial charge on any atom is 0.180 e. The predicted octanol–water partition coefficient (Wildman–Crippen LogP) is 1.14. The Bertz CT molecular complexity index is 267. The van der Waals surface area contributed by atoms with Crippen molar-refractivity contribution in [3.63, 3.8) is 0 Å². The Hall–Kier alpha value is -0.485. The summed E-state index contributed by atoms with van der Waals surface area (Å²) in [5, 5.41) is 0. The predicted molar refractivity (Wildman–Crippen MR) is 64.4 cm³/mol. The monoisotopic (exact) mass is 191 g/mol. The molecule has 3 heteroatoms. The molecule has 0 aliphatic carbocycles. The van der Waals surface area contributed by atoms with Crippen LogP contribution in [0.5, 0.6) is 0 Å². The Balaban J connectivity index is 2.12.